The Kier molecular flexibility index (Phi) is 7.20. The van der Waals surface area contributed by atoms with Crippen LogP contribution in [0.2, 0.25) is 0 Å². The molecule has 1 atom stereocenters. The maximum atomic E-state index is 12.8. The third-order valence-electron chi connectivity index (χ3n) is 5.21. The number of carboxylic acid groups (broad SMARTS) is 1. The van der Waals surface area contributed by atoms with E-state index in [1.165, 1.54) is 0 Å². The molecule has 0 radical (unpaired) electrons. The van der Waals surface area contributed by atoms with Crippen LogP contribution in [0.25, 0.3) is 0 Å². The van der Waals surface area contributed by atoms with Crippen molar-refractivity contribution in [3.8, 4) is 0 Å². The highest BCUT2D eigenvalue weighted by Gasteiger charge is 2.20. The summed E-state index contributed by atoms with van der Waals surface area (Å²) in [6.07, 6.45) is 1.40. The molecule has 1 heterocycles. The fourth-order valence-corrected chi connectivity index (χ4v) is 3.61. The number of hydrogen-bond donors (Lipinski definition) is 2. The number of carbonyl (C=O) groups excluding carboxylic acids is 1. The molecule has 1 unspecified atom stereocenters. The van der Waals surface area contributed by atoms with Crippen LogP contribution in [-0.4, -0.2) is 27.7 Å². The van der Waals surface area contributed by atoms with Gasteiger partial charge in [0.25, 0.3) is 5.91 Å². The van der Waals surface area contributed by atoms with Gasteiger partial charge >= 0.3 is 5.97 Å². The summed E-state index contributed by atoms with van der Waals surface area (Å²) < 4.78 is 0. The second kappa shape index (κ2) is 10.8. The fraction of sp³-hybridized carbons (Fsp3) is 0.0714. The average Bonchev–Trinajstić information content (AvgIpc) is 2.88. The van der Waals surface area contributed by atoms with Gasteiger partial charge in [-0.05, 0) is 23.8 Å². The first-order valence-electron chi connectivity index (χ1n) is 10.8. The molecule has 1 aromatic heterocycles. The quantitative estimate of drug-likeness (QED) is 0.353. The predicted molar refractivity (Wildman–Crippen MR) is 132 cm³/mol. The predicted octanol–water partition coefficient (Wildman–Crippen LogP) is 5.39. The number of para-hydroxylation sites is 1. The molecule has 1 amide bonds. The highest BCUT2D eigenvalue weighted by Crippen LogP contribution is 2.27. The molecule has 0 bridgehead atoms. The first-order valence-corrected chi connectivity index (χ1v) is 10.8. The monoisotopic (exact) mass is 449 g/mol. The zero-order valence-electron chi connectivity index (χ0n) is 18.3. The van der Waals surface area contributed by atoms with E-state index in [0.29, 0.717) is 22.7 Å². The third-order valence-corrected chi connectivity index (χ3v) is 5.21. The summed E-state index contributed by atoms with van der Waals surface area (Å²) in [5, 5.41) is 12.5. The first-order chi connectivity index (χ1) is 16.6. The minimum absolute atomic E-state index is 0.164. The van der Waals surface area contributed by atoms with Gasteiger partial charge in [0.15, 0.2) is 0 Å². The number of anilines is 1. The molecule has 0 spiro atoms. The van der Waals surface area contributed by atoms with Crippen LogP contribution in [0.3, 0.4) is 0 Å². The number of aliphatic carboxylic acids is 1. The maximum absolute atomic E-state index is 12.8. The zero-order valence-corrected chi connectivity index (χ0v) is 18.3. The third kappa shape index (κ3) is 5.61. The summed E-state index contributed by atoms with van der Waals surface area (Å²) >= 11 is 0. The van der Waals surface area contributed by atoms with Crippen LogP contribution in [-0.2, 0) is 4.79 Å². The molecule has 6 nitrogen and oxygen atoms in total. The van der Waals surface area contributed by atoms with Crippen molar-refractivity contribution in [1.82, 2.24) is 4.98 Å². The van der Waals surface area contributed by atoms with E-state index >= 15 is 0 Å². The fourth-order valence-electron chi connectivity index (χ4n) is 3.61. The number of hydrogen-bond acceptors (Lipinski definition) is 4. The van der Waals surface area contributed by atoms with Gasteiger partial charge in [-0.2, -0.15) is 0 Å². The van der Waals surface area contributed by atoms with Gasteiger partial charge in [-0.3, -0.25) is 19.6 Å². The number of amides is 1. The van der Waals surface area contributed by atoms with Crippen molar-refractivity contribution in [2.24, 2.45) is 4.99 Å². The van der Waals surface area contributed by atoms with Crippen LogP contribution in [0, 0.1) is 0 Å². The van der Waals surface area contributed by atoms with Gasteiger partial charge in [0.1, 0.15) is 5.69 Å². The normalized spacial score (nSPS) is 12.1. The van der Waals surface area contributed by atoms with Gasteiger partial charge in [-0.1, -0.05) is 84.9 Å². The number of carboxylic acids is 1. The molecule has 0 saturated heterocycles. The SMILES string of the molecule is O=C(O)CC(N=C(c1ccccc1)c1ccccc1NC(=O)c1ccccn1)c1ccccc1. The van der Waals surface area contributed by atoms with Gasteiger partial charge < -0.3 is 10.4 Å². The molecule has 4 rings (SSSR count). The lowest BCUT2D eigenvalue weighted by Gasteiger charge is -2.17. The minimum Gasteiger partial charge on any atom is -0.481 e. The van der Waals surface area contributed by atoms with Crippen LogP contribution in [0.1, 0.15) is 39.6 Å². The van der Waals surface area contributed by atoms with Crippen molar-refractivity contribution in [3.05, 3.63) is 132 Å². The summed E-state index contributed by atoms with van der Waals surface area (Å²) in [4.78, 5) is 33.6. The standard InChI is InChI=1S/C28H23N3O3/c32-26(33)19-25(20-11-3-1-4-12-20)30-27(21-13-5-2-6-14-21)22-15-7-8-16-23(22)31-28(34)24-17-9-10-18-29-24/h1-18,25H,19H2,(H,31,34)(H,32,33). The van der Waals surface area contributed by atoms with E-state index in [-0.39, 0.29) is 12.3 Å². The van der Waals surface area contributed by atoms with E-state index in [9.17, 15) is 14.7 Å². The van der Waals surface area contributed by atoms with Crippen molar-refractivity contribution in [2.45, 2.75) is 12.5 Å². The zero-order chi connectivity index (χ0) is 23.8. The second-order valence-corrected chi connectivity index (χ2v) is 7.58. The van der Waals surface area contributed by atoms with Crippen LogP contribution in [0.15, 0.2) is 114 Å². The van der Waals surface area contributed by atoms with E-state index in [4.69, 9.17) is 4.99 Å². The number of benzene rings is 3. The highest BCUT2D eigenvalue weighted by atomic mass is 16.4. The molecule has 0 aliphatic heterocycles. The summed E-state index contributed by atoms with van der Waals surface area (Å²) in [5.41, 5.74) is 3.74. The molecule has 0 saturated carbocycles. The molecule has 34 heavy (non-hydrogen) atoms. The Morgan fingerprint density at radius 2 is 1.47 bits per heavy atom. The van der Waals surface area contributed by atoms with Crippen LogP contribution >= 0.6 is 0 Å². The largest absolute Gasteiger partial charge is 0.481 e. The van der Waals surface area contributed by atoms with E-state index in [2.05, 4.69) is 10.3 Å². The van der Waals surface area contributed by atoms with E-state index in [1.807, 2.05) is 78.9 Å². The van der Waals surface area contributed by atoms with E-state index < -0.39 is 12.0 Å². The number of nitrogens with zero attached hydrogens (tertiary/aromatic N) is 2. The maximum Gasteiger partial charge on any atom is 0.305 e. The molecular formula is C28H23N3O3. The lowest BCUT2D eigenvalue weighted by molar-refractivity contribution is -0.137. The molecule has 3 aromatic carbocycles. The first kappa shape index (κ1) is 22.6. The Morgan fingerprint density at radius 1 is 0.824 bits per heavy atom. The highest BCUT2D eigenvalue weighted by molar-refractivity contribution is 6.18. The summed E-state index contributed by atoms with van der Waals surface area (Å²) in [6.45, 7) is 0. The van der Waals surface area contributed by atoms with Crippen molar-refractivity contribution >= 4 is 23.3 Å². The molecule has 6 heteroatoms. The van der Waals surface area contributed by atoms with Crippen LogP contribution < -0.4 is 5.32 Å². The lowest BCUT2D eigenvalue weighted by Crippen LogP contribution is -2.17. The minimum atomic E-state index is -0.943. The molecule has 0 aliphatic carbocycles. The molecular weight excluding hydrogens is 426 g/mol. The van der Waals surface area contributed by atoms with E-state index in [0.717, 1.165) is 11.1 Å². The van der Waals surface area contributed by atoms with Crippen molar-refractivity contribution < 1.29 is 14.7 Å². The Labute approximate surface area is 197 Å². The molecule has 2 N–H and O–H groups in total. The molecule has 4 aromatic rings. The van der Waals surface area contributed by atoms with E-state index in [1.54, 1.807) is 30.5 Å². The number of rotatable bonds is 8. The van der Waals surface area contributed by atoms with Crippen molar-refractivity contribution in [1.29, 1.82) is 0 Å². The van der Waals surface area contributed by atoms with Gasteiger partial charge in [0.2, 0.25) is 0 Å². The molecule has 0 aliphatic rings. The molecule has 0 fully saturated rings. The topological polar surface area (TPSA) is 91.6 Å². The number of aliphatic imine (C=N–C) groups is 1. The van der Waals surface area contributed by atoms with Crippen molar-refractivity contribution in [3.63, 3.8) is 0 Å². The Hall–Kier alpha value is -4.58. The lowest BCUT2D eigenvalue weighted by atomic mass is 9.98. The second-order valence-electron chi connectivity index (χ2n) is 7.58. The smallest absolute Gasteiger partial charge is 0.305 e. The van der Waals surface area contributed by atoms with Gasteiger partial charge in [-0.25, -0.2) is 0 Å². The average molecular weight is 450 g/mol. The molecule has 168 valence electrons. The van der Waals surface area contributed by atoms with Gasteiger partial charge in [-0.15, -0.1) is 0 Å². The Balaban J connectivity index is 1.81. The van der Waals surface area contributed by atoms with Crippen LogP contribution in [0.5, 0.6) is 0 Å². The Morgan fingerprint density at radius 3 is 2.15 bits per heavy atom. The Bertz CT molecular complexity index is 1290. The number of pyridine rings is 1. The number of carbonyl (C=O) groups is 2. The van der Waals surface area contributed by atoms with Gasteiger partial charge in [0.05, 0.1) is 23.9 Å². The van der Waals surface area contributed by atoms with Crippen molar-refractivity contribution in [2.75, 3.05) is 5.32 Å². The summed E-state index contributed by atoms with van der Waals surface area (Å²) in [7, 11) is 0. The summed E-state index contributed by atoms with van der Waals surface area (Å²) in [5.74, 6) is -1.28. The van der Waals surface area contributed by atoms with Crippen LogP contribution in [0.4, 0.5) is 5.69 Å². The number of aromatic nitrogens is 1. The number of nitrogens with one attached hydrogen (secondary N) is 1. The van der Waals surface area contributed by atoms with Gasteiger partial charge in [0, 0.05) is 17.3 Å². The summed E-state index contributed by atoms with van der Waals surface area (Å²) in [6, 6.07) is 30.8.